The van der Waals surface area contributed by atoms with Crippen molar-refractivity contribution in [1.82, 2.24) is 10.3 Å². The van der Waals surface area contributed by atoms with Crippen LogP contribution in [0.5, 0.6) is 11.5 Å². The van der Waals surface area contributed by atoms with Crippen LogP contribution in [-0.2, 0) is 6.18 Å². The first-order chi connectivity index (χ1) is 15.4. The fraction of sp³-hybridized carbons (Fsp3) is 0.238. The van der Waals surface area contributed by atoms with Gasteiger partial charge >= 0.3 is 12.5 Å². The van der Waals surface area contributed by atoms with E-state index < -0.39 is 40.8 Å². The molecule has 1 heterocycles. The summed E-state index contributed by atoms with van der Waals surface area (Å²) in [6, 6.07) is 10.1. The summed E-state index contributed by atoms with van der Waals surface area (Å²) in [6.45, 7) is 1.42. The van der Waals surface area contributed by atoms with Gasteiger partial charge in [0.25, 0.3) is 5.91 Å². The van der Waals surface area contributed by atoms with Gasteiger partial charge in [-0.3, -0.25) is 4.79 Å². The maximum absolute atomic E-state index is 13.6. The van der Waals surface area contributed by atoms with Crippen LogP contribution in [0.25, 0.3) is 10.6 Å². The highest BCUT2D eigenvalue weighted by atomic mass is 32.1. The molecular formula is C21H16F6N2O3S. The smallest absolute Gasteiger partial charge is 0.496 e. The van der Waals surface area contributed by atoms with E-state index in [1.807, 2.05) is 0 Å². The summed E-state index contributed by atoms with van der Waals surface area (Å²) in [5.41, 5.74) is -0.889. The Morgan fingerprint density at radius 3 is 2.39 bits per heavy atom. The summed E-state index contributed by atoms with van der Waals surface area (Å²) >= 11 is 0.529. The Bertz CT molecular complexity index is 1140. The third-order valence-electron chi connectivity index (χ3n) is 4.38. The van der Waals surface area contributed by atoms with Gasteiger partial charge in [0.15, 0.2) is 5.69 Å². The molecule has 0 spiro atoms. The van der Waals surface area contributed by atoms with Crippen LogP contribution in [0.1, 0.15) is 33.9 Å². The van der Waals surface area contributed by atoms with Gasteiger partial charge < -0.3 is 14.8 Å². The zero-order valence-corrected chi connectivity index (χ0v) is 17.9. The van der Waals surface area contributed by atoms with Gasteiger partial charge in [-0.05, 0) is 36.8 Å². The second-order valence-electron chi connectivity index (χ2n) is 6.71. The molecule has 2 aromatic carbocycles. The topological polar surface area (TPSA) is 60.5 Å². The molecule has 1 N–H and O–H groups in total. The van der Waals surface area contributed by atoms with Gasteiger partial charge in [0.2, 0.25) is 0 Å². The molecule has 1 amide bonds. The summed E-state index contributed by atoms with van der Waals surface area (Å²) in [5.74, 6) is -1.31. The standard InChI is InChI=1S/C21H16F6N2O3S/c1-11(12-6-5-7-13(10-12)32-21(25,26)27)28-18(30)16-17(20(22,23)24)29-19(33-16)14-8-3-4-9-15(14)31-2/h3-11H,1-2H3,(H,28,30). The number of ether oxygens (including phenoxy) is 2. The fourth-order valence-electron chi connectivity index (χ4n) is 2.93. The first-order valence-corrected chi connectivity index (χ1v) is 10.1. The number of methoxy groups -OCH3 is 1. The number of hydrogen-bond donors (Lipinski definition) is 1. The summed E-state index contributed by atoms with van der Waals surface area (Å²) in [4.78, 5) is 15.7. The summed E-state index contributed by atoms with van der Waals surface area (Å²) in [6.07, 6.45) is -9.82. The number of amides is 1. The minimum atomic E-state index is -4.91. The Kier molecular flexibility index (Phi) is 6.86. The number of carbonyl (C=O) groups excluding carboxylic acids is 1. The molecule has 0 aliphatic carbocycles. The zero-order chi connectivity index (χ0) is 24.4. The number of para-hydroxylation sites is 1. The predicted octanol–water partition coefficient (Wildman–Crippen LogP) is 6.23. The van der Waals surface area contributed by atoms with E-state index >= 15 is 0 Å². The van der Waals surface area contributed by atoms with Crippen molar-refractivity contribution in [2.45, 2.75) is 25.5 Å². The van der Waals surface area contributed by atoms with E-state index in [-0.39, 0.29) is 21.9 Å². The monoisotopic (exact) mass is 490 g/mol. The molecule has 0 saturated carbocycles. The van der Waals surface area contributed by atoms with Gasteiger partial charge in [-0.2, -0.15) is 13.2 Å². The molecule has 1 unspecified atom stereocenters. The van der Waals surface area contributed by atoms with Gasteiger partial charge in [0.05, 0.1) is 18.7 Å². The molecule has 12 heteroatoms. The molecule has 3 rings (SSSR count). The predicted molar refractivity (Wildman–Crippen MR) is 108 cm³/mol. The number of benzene rings is 2. The number of rotatable bonds is 6. The van der Waals surface area contributed by atoms with Crippen molar-refractivity contribution in [3.8, 4) is 22.1 Å². The number of nitrogens with one attached hydrogen (secondary N) is 1. The SMILES string of the molecule is COc1ccccc1-c1nc(C(F)(F)F)c(C(=O)NC(C)c2cccc(OC(F)(F)F)c2)s1. The summed E-state index contributed by atoms with van der Waals surface area (Å²) in [5, 5.41) is 2.30. The maximum Gasteiger partial charge on any atom is 0.573 e. The van der Waals surface area contributed by atoms with Crippen molar-refractivity contribution in [1.29, 1.82) is 0 Å². The number of carbonyl (C=O) groups is 1. The third kappa shape index (κ3) is 5.95. The van der Waals surface area contributed by atoms with Crippen molar-refractivity contribution in [2.75, 3.05) is 7.11 Å². The second kappa shape index (κ2) is 9.30. The normalized spacial score (nSPS) is 12.8. The lowest BCUT2D eigenvalue weighted by Gasteiger charge is -2.16. The molecule has 0 fully saturated rings. The van der Waals surface area contributed by atoms with Crippen molar-refractivity contribution < 1.29 is 40.6 Å². The molecule has 0 saturated heterocycles. The van der Waals surface area contributed by atoms with Crippen molar-refractivity contribution >= 4 is 17.2 Å². The third-order valence-corrected chi connectivity index (χ3v) is 5.47. The van der Waals surface area contributed by atoms with E-state index in [2.05, 4.69) is 15.0 Å². The molecule has 1 atom stereocenters. The molecule has 3 aromatic rings. The molecule has 0 aliphatic rings. The second-order valence-corrected chi connectivity index (χ2v) is 7.71. The van der Waals surface area contributed by atoms with Crippen molar-refractivity contribution in [3.63, 3.8) is 0 Å². The van der Waals surface area contributed by atoms with Crippen LogP contribution in [-0.4, -0.2) is 24.4 Å². The van der Waals surface area contributed by atoms with Crippen LogP contribution < -0.4 is 14.8 Å². The van der Waals surface area contributed by atoms with Crippen LogP contribution in [0.4, 0.5) is 26.3 Å². The van der Waals surface area contributed by atoms with E-state index in [9.17, 15) is 31.1 Å². The average molecular weight is 490 g/mol. The number of aromatic nitrogens is 1. The fourth-order valence-corrected chi connectivity index (χ4v) is 3.95. The first-order valence-electron chi connectivity index (χ1n) is 9.27. The lowest BCUT2D eigenvalue weighted by atomic mass is 10.1. The Morgan fingerprint density at radius 1 is 1.06 bits per heavy atom. The van der Waals surface area contributed by atoms with E-state index in [0.29, 0.717) is 11.3 Å². The van der Waals surface area contributed by atoms with Crippen LogP contribution in [0.2, 0.25) is 0 Å². The van der Waals surface area contributed by atoms with E-state index in [0.717, 1.165) is 12.1 Å². The molecule has 1 aromatic heterocycles. The maximum atomic E-state index is 13.6. The number of thiazole rings is 1. The number of nitrogens with zero attached hydrogens (tertiary/aromatic N) is 1. The largest absolute Gasteiger partial charge is 0.573 e. The Morgan fingerprint density at radius 2 is 1.76 bits per heavy atom. The Balaban J connectivity index is 1.91. The molecule has 176 valence electrons. The van der Waals surface area contributed by atoms with Gasteiger partial charge in [0, 0.05) is 0 Å². The van der Waals surface area contributed by atoms with Gasteiger partial charge in [0.1, 0.15) is 21.4 Å². The van der Waals surface area contributed by atoms with Crippen molar-refractivity contribution in [2.24, 2.45) is 0 Å². The van der Waals surface area contributed by atoms with Gasteiger partial charge in [-0.25, -0.2) is 4.98 Å². The first kappa shape index (κ1) is 24.4. The Hall–Kier alpha value is -3.28. The van der Waals surface area contributed by atoms with Gasteiger partial charge in [-0.15, -0.1) is 24.5 Å². The number of hydrogen-bond acceptors (Lipinski definition) is 5. The van der Waals surface area contributed by atoms with Gasteiger partial charge in [-0.1, -0.05) is 24.3 Å². The van der Waals surface area contributed by atoms with Crippen LogP contribution in [0.15, 0.2) is 48.5 Å². The van der Waals surface area contributed by atoms with Crippen LogP contribution in [0, 0.1) is 0 Å². The molecule has 33 heavy (non-hydrogen) atoms. The van der Waals surface area contributed by atoms with Crippen molar-refractivity contribution in [3.05, 3.63) is 64.7 Å². The number of alkyl halides is 6. The zero-order valence-electron chi connectivity index (χ0n) is 17.0. The summed E-state index contributed by atoms with van der Waals surface area (Å²) < 4.78 is 87.1. The highest BCUT2D eigenvalue weighted by molar-refractivity contribution is 7.17. The highest BCUT2D eigenvalue weighted by Gasteiger charge is 2.40. The Labute approximate surface area is 188 Å². The number of halogens is 6. The van der Waals surface area contributed by atoms with E-state index in [1.165, 1.54) is 32.2 Å². The molecule has 5 nitrogen and oxygen atoms in total. The molecule has 0 aliphatic heterocycles. The van der Waals surface area contributed by atoms with E-state index in [4.69, 9.17) is 4.74 Å². The molecule has 0 bridgehead atoms. The average Bonchev–Trinajstić information content (AvgIpc) is 3.19. The summed E-state index contributed by atoms with van der Waals surface area (Å²) in [7, 11) is 1.35. The minimum Gasteiger partial charge on any atom is -0.496 e. The lowest BCUT2D eigenvalue weighted by molar-refractivity contribution is -0.274. The van der Waals surface area contributed by atoms with Crippen LogP contribution >= 0.6 is 11.3 Å². The van der Waals surface area contributed by atoms with Crippen LogP contribution in [0.3, 0.4) is 0 Å². The molecular weight excluding hydrogens is 474 g/mol. The lowest BCUT2D eigenvalue weighted by Crippen LogP contribution is -2.28. The molecule has 0 radical (unpaired) electrons. The minimum absolute atomic E-state index is 0.0712. The highest BCUT2D eigenvalue weighted by Crippen LogP contribution is 2.40. The quantitative estimate of drug-likeness (QED) is 0.417. The van der Waals surface area contributed by atoms with E-state index in [1.54, 1.807) is 18.2 Å².